The average molecular weight is 112 g/mol. The van der Waals surface area contributed by atoms with E-state index in [1.54, 1.807) is 6.08 Å². The van der Waals surface area contributed by atoms with Crippen molar-refractivity contribution in [2.75, 3.05) is 0 Å². The number of ketones is 1. The van der Waals surface area contributed by atoms with E-state index in [0.717, 1.165) is 6.42 Å². The van der Waals surface area contributed by atoms with Gasteiger partial charge in [0.15, 0.2) is 0 Å². The third kappa shape index (κ3) is 3.59. The number of carbonyl (C=O) groups excluding carboxylic acids is 1. The molecule has 0 unspecified atom stereocenters. The van der Waals surface area contributed by atoms with Gasteiger partial charge < -0.3 is 0 Å². The van der Waals surface area contributed by atoms with Crippen molar-refractivity contribution in [1.82, 2.24) is 0 Å². The molecule has 1 heteroatoms. The molecule has 0 heterocycles. The van der Waals surface area contributed by atoms with E-state index in [2.05, 4.69) is 6.58 Å². The molecule has 46 valence electrons. The number of rotatable bonds is 4. The van der Waals surface area contributed by atoms with Crippen LogP contribution in [0, 0.1) is 0 Å². The quantitative estimate of drug-likeness (QED) is 0.508. The van der Waals surface area contributed by atoms with Crippen LogP contribution >= 0.6 is 0 Å². The Labute approximate surface area is 50.4 Å². The summed E-state index contributed by atoms with van der Waals surface area (Å²) >= 11 is 0. The third-order valence-electron chi connectivity index (χ3n) is 1.02. The highest BCUT2D eigenvalue weighted by Gasteiger charge is 1.92. The van der Waals surface area contributed by atoms with Crippen molar-refractivity contribution in [1.29, 1.82) is 0 Å². The Morgan fingerprint density at radius 2 is 2.38 bits per heavy atom. The van der Waals surface area contributed by atoms with Crippen LogP contribution in [0.3, 0.4) is 0 Å². The van der Waals surface area contributed by atoms with Gasteiger partial charge in [-0.2, -0.15) is 0 Å². The fourth-order valence-electron chi connectivity index (χ4n) is 0.440. The van der Waals surface area contributed by atoms with Crippen molar-refractivity contribution in [2.24, 2.45) is 0 Å². The molecule has 0 aromatic carbocycles. The van der Waals surface area contributed by atoms with Gasteiger partial charge >= 0.3 is 0 Å². The zero-order valence-electron chi connectivity index (χ0n) is 5.31. The zero-order valence-corrected chi connectivity index (χ0v) is 5.31. The van der Waals surface area contributed by atoms with E-state index >= 15 is 0 Å². The molecule has 0 radical (unpaired) electrons. The summed E-state index contributed by atoms with van der Waals surface area (Å²) in [7, 11) is 0. The number of hydrogen-bond donors (Lipinski definition) is 0. The largest absolute Gasteiger partial charge is 0.300 e. The van der Waals surface area contributed by atoms with Gasteiger partial charge in [0.05, 0.1) is 0 Å². The van der Waals surface area contributed by atoms with Crippen molar-refractivity contribution < 1.29 is 4.79 Å². The summed E-state index contributed by atoms with van der Waals surface area (Å²) in [4.78, 5) is 10.5. The summed E-state index contributed by atoms with van der Waals surface area (Å²) < 4.78 is 0. The van der Waals surface area contributed by atoms with Crippen LogP contribution in [0.25, 0.3) is 0 Å². The Kier molecular flexibility index (Phi) is 4.23. The minimum Gasteiger partial charge on any atom is -0.300 e. The molecule has 1 nitrogen and oxygen atoms in total. The van der Waals surface area contributed by atoms with E-state index in [1.165, 1.54) is 0 Å². The Balaban J connectivity index is 3.11. The number of allylic oxidation sites excluding steroid dienone is 1. The number of Topliss-reactive ketones (excluding diaryl/α,β-unsaturated/α-hetero) is 1. The van der Waals surface area contributed by atoms with Crippen LogP contribution in [0.4, 0.5) is 0 Å². The van der Waals surface area contributed by atoms with Gasteiger partial charge in [-0.3, -0.25) is 4.79 Å². The molecule has 0 N–H and O–H groups in total. The van der Waals surface area contributed by atoms with Crippen LogP contribution in [0.1, 0.15) is 26.2 Å². The normalized spacial score (nSPS) is 8.62. The fraction of sp³-hybridized carbons (Fsp3) is 0.571. The summed E-state index contributed by atoms with van der Waals surface area (Å²) in [6.07, 6.45) is 3.92. The lowest BCUT2D eigenvalue weighted by Crippen LogP contribution is -1.91. The SMILES string of the molecule is C=CCCC(=O)CC. The maximum atomic E-state index is 10.5. The Bertz CT molecular complexity index is 84.4. The lowest BCUT2D eigenvalue weighted by atomic mass is 10.2. The first kappa shape index (κ1) is 7.41. The van der Waals surface area contributed by atoms with Gasteiger partial charge in [0.1, 0.15) is 5.78 Å². The molecule has 0 atom stereocenters. The molecule has 0 bridgehead atoms. The second-order valence-corrected chi connectivity index (χ2v) is 1.72. The summed E-state index contributed by atoms with van der Waals surface area (Å²) in [5.74, 6) is 0.324. The van der Waals surface area contributed by atoms with E-state index in [-0.39, 0.29) is 0 Å². The van der Waals surface area contributed by atoms with Gasteiger partial charge in [0.2, 0.25) is 0 Å². The average Bonchev–Trinajstić information content (AvgIpc) is 1.83. The lowest BCUT2D eigenvalue weighted by Gasteiger charge is -1.88. The first-order valence-corrected chi connectivity index (χ1v) is 2.93. The summed E-state index contributed by atoms with van der Waals surface area (Å²) in [6, 6.07) is 0. The minimum absolute atomic E-state index is 0.324. The van der Waals surface area contributed by atoms with Crippen LogP contribution in [-0.2, 0) is 4.79 Å². The highest BCUT2D eigenvalue weighted by atomic mass is 16.1. The molecule has 0 saturated heterocycles. The zero-order chi connectivity index (χ0) is 6.41. The van der Waals surface area contributed by atoms with E-state index in [9.17, 15) is 4.79 Å². The van der Waals surface area contributed by atoms with Crippen molar-refractivity contribution in [2.45, 2.75) is 26.2 Å². The standard InChI is InChI=1S/C7H12O/c1-3-5-6-7(8)4-2/h3H,1,4-6H2,2H3. The molecular formula is C7H12O. The van der Waals surface area contributed by atoms with Crippen molar-refractivity contribution in [3.63, 3.8) is 0 Å². The minimum atomic E-state index is 0.324. The van der Waals surface area contributed by atoms with Crippen LogP contribution < -0.4 is 0 Å². The van der Waals surface area contributed by atoms with Crippen molar-refractivity contribution in [3.05, 3.63) is 12.7 Å². The Morgan fingerprint density at radius 1 is 1.75 bits per heavy atom. The second kappa shape index (κ2) is 4.57. The Hall–Kier alpha value is -0.590. The molecule has 0 aromatic heterocycles. The maximum Gasteiger partial charge on any atom is 0.132 e. The molecule has 0 aliphatic heterocycles. The van der Waals surface area contributed by atoms with E-state index in [4.69, 9.17) is 0 Å². The topological polar surface area (TPSA) is 17.1 Å². The molecular weight excluding hydrogens is 100 g/mol. The molecule has 0 amide bonds. The summed E-state index contributed by atoms with van der Waals surface area (Å²) in [5.41, 5.74) is 0. The third-order valence-corrected chi connectivity index (χ3v) is 1.02. The number of hydrogen-bond acceptors (Lipinski definition) is 1. The second-order valence-electron chi connectivity index (χ2n) is 1.72. The highest BCUT2D eigenvalue weighted by molar-refractivity contribution is 5.78. The van der Waals surface area contributed by atoms with E-state index in [0.29, 0.717) is 18.6 Å². The van der Waals surface area contributed by atoms with Gasteiger partial charge in [-0.25, -0.2) is 0 Å². The Morgan fingerprint density at radius 3 is 2.75 bits per heavy atom. The lowest BCUT2D eigenvalue weighted by molar-refractivity contribution is -0.118. The number of carbonyl (C=O) groups is 1. The van der Waals surface area contributed by atoms with Crippen LogP contribution in [0.15, 0.2) is 12.7 Å². The molecule has 0 rings (SSSR count). The van der Waals surface area contributed by atoms with E-state index < -0.39 is 0 Å². The van der Waals surface area contributed by atoms with Gasteiger partial charge in [-0.15, -0.1) is 6.58 Å². The fourth-order valence-corrected chi connectivity index (χ4v) is 0.440. The molecule has 0 saturated carbocycles. The molecule has 0 aliphatic carbocycles. The van der Waals surface area contributed by atoms with Crippen LogP contribution in [0.2, 0.25) is 0 Å². The van der Waals surface area contributed by atoms with Crippen molar-refractivity contribution in [3.8, 4) is 0 Å². The maximum absolute atomic E-state index is 10.5. The van der Waals surface area contributed by atoms with Crippen LogP contribution in [-0.4, -0.2) is 5.78 Å². The van der Waals surface area contributed by atoms with Crippen molar-refractivity contribution >= 4 is 5.78 Å². The molecule has 0 aromatic rings. The van der Waals surface area contributed by atoms with Gasteiger partial charge in [0.25, 0.3) is 0 Å². The van der Waals surface area contributed by atoms with E-state index in [1.807, 2.05) is 6.92 Å². The summed E-state index contributed by atoms with van der Waals surface area (Å²) in [6.45, 7) is 5.40. The van der Waals surface area contributed by atoms with Gasteiger partial charge in [0, 0.05) is 12.8 Å². The molecule has 8 heavy (non-hydrogen) atoms. The predicted molar refractivity (Wildman–Crippen MR) is 34.7 cm³/mol. The summed E-state index contributed by atoms with van der Waals surface area (Å²) in [5, 5.41) is 0. The first-order chi connectivity index (χ1) is 3.81. The first-order valence-electron chi connectivity index (χ1n) is 2.93. The highest BCUT2D eigenvalue weighted by Crippen LogP contribution is 1.93. The smallest absolute Gasteiger partial charge is 0.132 e. The molecule has 0 fully saturated rings. The van der Waals surface area contributed by atoms with Gasteiger partial charge in [-0.05, 0) is 6.42 Å². The predicted octanol–water partition coefficient (Wildman–Crippen LogP) is 1.93. The molecule has 0 aliphatic rings. The molecule has 0 spiro atoms. The monoisotopic (exact) mass is 112 g/mol. The van der Waals surface area contributed by atoms with Gasteiger partial charge in [-0.1, -0.05) is 13.0 Å². The van der Waals surface area contributed by atoms with Crippen LogP contribution in [0.5, 0.6) is 0 Å².